The molecule has 4 rings (SSSR count). The van der Waals surface area contributed by atoms with Crippen molar-refractivity contribution in [2.24, 2.45) is 0 Å². The highest BCUT2D eigenvalue weighted by molar-refractivity contribution is 6.31. The summed E-state index contributed by atoms with van der Waals surface area (Å²) in [5, 5.41) is 4.90. The van der Waals surface area contributed by atoms with Crippen molar-refractivity contribution in [2.75, 3.05) is 59.5 Å². The third kappa shape index (κ3) is 6.54. The number of likely N-dealkylation sites (N-methyl/N-ethyl adjacent to an activating group) is 1. The zero-order chi connectivity index (χ0) is 25.0. The van der Waals surface area contributed by atoms with Gasteiger partial charge in [0.2, 0.25) is 11.8 Å². The molecule has 190 valence electrons. The van der Waals surface area contributed by atoms with E-state index in [-0.39, 0.29) is 37.9 Å². The zero-order valence-corrected chi connectivity index (χ0v) is 21.5. The molecule has 0 saturated carbocycles. The van der Waals surface area contributed by atoms with Crippen LogP contribution in [0.2, 0.25) is 5.02 Å². The Kier molecular flexibility index (Phi) is 7.98. The van der Waals surface area contributed by atoms with E-state index in [1.54, 1.807) is 27.9 Å². The molecule has 1 aromatic heterocycles. The minimum Gasteiger partial charge on any atom is -0.490 e. The van der Waals surface area contributed by atoms with E-state index in [0.29, 0.717) is 37.0 Å². The van der Waals surface area contributed by atoms with Crippen LogP contribution >= 0.6 is 11.6 Å². The first-order valence-electron chi connectivity index (χ1n) is 12.0. The minimum absolute atomic E-state index is 0.0194. The van der Waals surface area contributed by atoms with Gasteiger partial charge >= 0.3 is 0 Å². The van der Waals surface area contributed by atoms with Gasteiger partial charge in [0.25, 0.3) is 0 Å². The average Bonchev–Trinajstić information content (AvgIpc) is 3.24. The number of morpholine rings is 1. The van der Waals surface area contributed by atoms with Crippen LogP contribution in [-0.2, 0) is 20.9 Å². The molecule has 2 aromatic rings. The van der Waals surface area contributed by atoms with Crippen LogP contribution in [-0.4, -0.2) is 101 Å². The molecular weight excluding hydrogens is 470 g/mol. The van der Waals surface area contributed by atoms with Crippen molar-refractivity contribution >= 4 is 23.4 Å². The number of benzene rings is 1. The first-order valence-corrected chi connectivity index (χ1v) is 12.4. The van der Waals surface area contributed by atoms with Gasteiger partial charge in [-0.2, -0.15) is 5.10 Å². The zero-order valence-electron chi connectivity index (χ0n) is 20.7. The molecule has 0 unspecified atom stereocenters. The molecule has 9 nitrogen and oxygen atoms in total. The predicted molar refractivity (Wildman–Crippen MR) is 133 cm³/mol. The number of nitrogens with zero attached hydrogens (tertiary/aromatic N) is 5. The van der Waals surface area contributed by atoms with E-state index in [0.717, 1.165) is 24.2 Å². The maximum absolute atomic E-state index is 13.3. The summed E-state index contributed by atoms with van der Waals surface area (Å²) < 4.78 is 14.0. The van der Waals surface area contributed by atoms with Crippen molar-refractivity contribution in [3.05, 3.63) is 46.7 Å². The molecule has 0 aliphatic carbocycles. The average molecular weight is 504 g/mol. The lowest BCUT2D eigenvalue weighted by molar-refractivity contribution is -0.166. The van der Waals surface area contributed by atoms with E-state index in [2.05, 4.69) is 17.0 Å². The van der Waals surface area contributed by atoms with Crippen LogP contribution in [0.25, 0.3) is 0 Å². The molecule has 1 atom stereocenters. The Bertz CT molecular complexity index is 1050. The fourth-order valence-electron chi connectivity index (χ4n) is 4.46. The van der Waals surface area contributed by atoms with E-state index >= 15 is 0 Å². The quantitative estimate of drug-likeness (QED) is 0.575. The standard InChI is InChI=1S/C25H34ClN5O4/c1-19-14-27-31(15-19)16-24(33)30-10-11-35-25(17-30,13-23(32)29-8-6-28(3)7-9-29)18-34-21-4-5-22(26)20(2)12-21/h4-5,12,14-15H,6-11,13,16-18H2,1-3H3/t25-/m1/s1. The Morgan fingerprint density at radius 3 is 2.57 bits per heavy atom. The summed E-state index contributed by atoms with van der Waals surface area (Å²) in [5.74, 6) is 0.610. The summed E-state index contributed by atoms with van der Waals surface area (Å²) in [6.45, 7) is 8.27. The van der Waals surface area contributed by atoms with Gasteiger partial charge in [-0.15, -0.1) is 0 Å². The second kappa shape index (κ2) is 11.0. The Hall–Kier alpha value is -2.62. The number of hydrogen-bond acceptors (Lipinski definition) is 6. The lowest BCUT2D eigenvalue weighted by atomic mass is 9.96. The second-order valence-electron chi connectivity index (χ2n) is 9.62. The van der Waals surface area contributed by atoms with Crippen LogP contribution in [0.4, 0.5) is 0 Å². The van der Waals surface area contributed by atoms with Gasteiger partial charge in [-0.3, -0.25) is 14.3 Å². The Labute approximate surface area is 211 Å². The first kappa shape index (κ1) is 25.5. The number of amides is 2. The van der Waals surface area contributed by atoms with Crippen LogP contribution in [0.1, 0.15) is 17.5 Å². The Morgan fingerprint density at radius 2 is 1.89 bits per heavy atom. The summed E-state index contributed by atoms with van der Waals surface area (Å²) >= 11 is 6.16. The van der Waals surface area contributed by atoms with Crippen molar-refractivity contribution in [1.82, 2.24) is 24.5 Å². The van der Waals surface area contributed by atoms with Gasteiger partial charge in [0.05, 0.1) is 25.8 Å². The maximum atomic E-state index is 13.3. The number of hydrogen-bond donors (Lipinski definition) is 0. The van der Waals surface area contributed by atoms with Crippen molar-refractivity contribution in [2.45, 2.75) is 32.4 Å². The first-order chi connectivity index (χ1) is 16.7. The summed E-state index contributed by atoms with van der Waals surface area (Å²) in [6.07, 6.45) is 3.72. The molecule has 2 amide bonds. The summed E-state index contributed by atoms with van der Waals surface area (Å²) in [4.78, 5) is 32.2. The molecule has 0 bridgehead atoms. The molecule has 2 fully saturated rings. The molecule has 10 heteroatoms. The highest BCUT2D eigenvalue weighted by atomic mass is 35.5. The normalized spacial score (nSPS) is 21.3. The van der Waals surface area contributed by atoms with Crippen molar-refractivity contribution in [1.29, 1.82) is 0 Å². The number of ether oxygens (including phenoxy) is 2. The third-order valence-electron chi connectivity index (χ3n) is 6.62. The number of rotatable bonds is 7. The maximum Gasteiger partial charge on any atom is 0.244 e. The van der Waals surface area contributed by atoms with E-state index in [1.165, 1.54) is 0 Å². The van der Waals surface area contributed by atoms with Crippen molar-refractivity contribution in [3.8, 4) is 5.75 Å². The molecule has 0 radical (unpaired) electrons. The van der Waals surface area contributed by atoms with Crippen molar-refractivity contribution in [3.63, 3.8) is 0 Å². The minimum atomic E-state index is -0.943. The Morgan fingerprint density at radius 1 is 1.11 bits per heavy atom. The molecule has 3 heterocycles. The van der Waals surface area contributed by atoms with Crippen LogP contribution in [0.5, 0.6) is 5.75 Å². The van der Waals surface area contributed by atoms with Gasteiger partial charge in [-0.05, 0) is 50.2 Å². The Balaban J connectivity index is 1.49. The molecule has 2 saturated heterocycles. The molecular formula is C25H34ClN5O4. The predicted octanol–water partition coefficient (Wildman–Crippen LogP) is 1.99. The van der Waals surface area contributed by atoms with Gasteiger partial charge < -0.3 is 24.2 Å². The smallest absolute Gasteiger partial charge is 0.244 e. The van der Waals surface area contributed by atoms with Gasteiger partial charge in [0.15, 0.2) is 0 Å². The molecule has 0 N–H and O–H groups in total. The molecule has 2 aliphatic heterocycles. The van der Waals surface area contributed by atoms with E-state index in [4.69, 9.17) is 21.1 Å². The van der Waals surface area contributed by atoms with Crippen molar-refractivity contribution < 1.29 is 19.1 Å². The number of carbonyl (C=O) groups is 2. The summed E-state index contributed by atoms with van der Waals surface area (Å²) in [5.41, 5.74) is 0.961. The molecule has 1 aromatic carbocycles. The van der Waals surface area contributed by atoms with Gasteiger partial charge in [-0.25, -0.2) is 0 Å². The second-order valence-corrected chi connectivity index (χ2v) is 10.0. The number of aryl methyl sites for hydroxylation is 2. The SMILES string of the molecule is Cc1cnn(CC(=O)N2CCO[C@](COc3ccc(Cl)c(C)c3)(CC(=O)N3CCN(C)CC3)C2)c1. The van der Waals surface area contributed by atoms with Crippen LogP contribution in [0.3, 0.4) is 0 Å². The van der Waals surface area contributed by atoms with Gasteiger partial charge in [0.1, 0.15) is 24.5 Å². The van der Waals surface area contributed by atoms with Crippen LogP contribution in [0.15, 0.2) is 30.6 Å². The summed E-state index contributed by atoms with van der Waals surface area (Å²) in [6, 6.07) is 5.46. The fraction of sp³-hybridized carbons (Fsp3) is 0.560. The monoisotopic (exact) mass is 503 g/mol. The number of piperazine rings is 1. The number of halogens is 1. The van der Waals surface area contributed by atoms with E-state index in [9.17, 15) is 9.59 Å². The largest absolute Gasteiger partial charge is 0.490 e. The lowest BCUT2D eigenvalue weighted by Gasteiger charge is -2.43. The van der Waals surface area contributed by atoms with Gasteiger partial charge in [-0.1, -0.05) is 11.6 Å². The van der Waals surface area contributed by atoms with Crippen LogP contribution in [0, 0.1) is 13.8 Å². The summed E-state index contributed by atoms with van der Waals surface area (Å²) in [7, 11) is 2.06. The number of aromatic nitrogens is 2. The highest BCUT2D eigenvalue weighted by Gasteiger charge is 2.42. The van der Waals surface area contributed by atoms with E-state index in [1.807, 2.05) is 31.0 Å². The highest BCUT2D eigenvalue weighted by Crippen LogP contribution is 2.27. The fourth-order valence-corrected chi connectivity index (χ4v) is 4.58. The molecule has 0 spiro atoms. The van der Waals surface area contributed by atoms with E-state index < -0.39 is 5.60 Å². The van der Waals surface area contributed by atoms with Crippen LogP contribution < -0.4 is 4.74 Å². The lowest BCUT2D eigenvalue weighted by Crippen LogP contribution is -2.59. The number of carbonyl (C=O) groups excluding carboxylic acids is 2. The van der Waals surface area contributed by atoms with Gasteiger partial charge in [0, 0.05) is 43.9 Å². The molecule has 35 heavy (non-hydrogen) atoms. The topological polar surface area (TPSA) is 80.1 Å². The third-order valence-corrected chi connectivity index (χ3v) is 7.05. The molecule has 2 aliphatic rings.